The van der Waals surface area contributed by atoms with Crippen molar-refractivity contribution in [3.8, 4) is 0 Å². The summed E-state index contributed by atoms with van der Waals surface area (Å²) in [5.41, 5.74) is 2.21. The van der Waals surface area contributed by atoms with E-state index in [0.717, 1.165) is 16.1 Å². The van der Waals surface area contributed by atoms with E-state index in [2.05, 4.69) is 10.0 Å². The summed E-state index contributed by atoms with van der Waals surface area (Å²) in [4.78, 5) is 12.8. The largest absolute Gasteiger partial charge is 0.322 e. The van der Waals surface area contributed by atoms with E-state index in [1.807, 2.05) is 6.92 Å². The Morgan fingerprint density at radius 3 is 1.97 bits per heavy atom. The molecule has 0 fully saturated rings. The summed E-state index contributed by atoms with van der Waals surface area (Å²) < 4.78 is 52.5. The van der Waals surface area contributed by atoms with Crippen molar-refractivity contribution in [2.75, 3.05) is 27.6 Å². The number of aryl methyl sites for hydroxylation is 1. The SMILES string of the molecule is Cc1ccc(NS(=O)(=O)c2ccc(NC(=O)c3ccccc3N(C)S(C)(=O)=O)cc2)cc1. The molecular formula is C22H23N3O5S2. The van der Waals surface area contributed by atoms with Gasteiger partial charge in [0.25, 0.3) is 15.9 Å². The van der Waals surface area contributed by atoms with Crippen molar-refractivity contribution < 1.29 is 21.6 Å². The molecule has 0 saturated carbocycles. The van der Waals surface area contributed by atoms with Crippen molar-refractivity contribution in [1.29, 1.82) is 0 Å². The summed E-state index contributed by atoms with van der Waals surface area (Å²) in [6, 6.07) is 18.9. The monoisotopic (exact) mass is 473 g/mol. The van der Waals surface area contributed by atoms with Crippen LogP contribution in [0.15, 0.2) is 77.7 Å². The smallest absolute Gasteiger partial charge is 0.261 e. The zero-order valence-corrected chi connectivity index (χ0v) is 19.4. The van der Waals surface area contributed by atoms with Crippen LogP contribution in [0.5, 0.6) is 0 Å². The van der Waals surface area contributed by atoms with Gasteiger partial charge in [-0.25, -0.2) is 16.8 Å². The third-order valence-corrected chi connectivity index (χ3v) is 7.30. The van der Waals surface area contributed by atoms with Gasteiger partial charge in [-0.15, -0.1) is 0 Å². The van der Waals surface area contributed by atoms with E-state index in [0.29, 0.717) is 11.4 Å². The van der Waals surface area contributed by atoms with Crippen molar-refractivity contribution in [2.24, 2.45) is 0 Å². The number of rotatable bonds is 7. The number of para-hydroxylation sites is 1. The van der Waals surface area contributed by atoms with Gasteiger partial charge >= 0.3 is 0 Å². The second-order valence-corrected chi connectivity index (χ2v) is 10.9. The Kier molecular flexibility index (Phi) is 6.56. The minimum Gasteiger partial charge on any atom is -0.322 e. The summed E-state index contributed by atoms with van der Waals surface area (Å²) in [6.45, 7) is 1.91. The van der Waals surface area contributed by atoms with Crippen LogP contribution in [0.4, 0.5) is 17.1 Å². The highest BCUT2D eigenvalue weighted by molar-refractivity contribution is 7.92. The highest BCUT2D eigenvalue weighted by Gasteiger charge is 2.20. The molecule has 0 saturated heterocycles. The molecule has 0 aromatic heterocycles. The van der Waals surface area contributed by atoms with Crippen molar-refractivity contribution in [3.05, 3.63) is 83.9 Å². The van der Waals surface area contributed by atoms with Crippen molar-refractivity contribution in [3.63, 3.8) is 0 Å². The molecule has 0 heterocycles. The first kappa shape index (κ1) is 23.3. The van der Waals surface area contributed by atoms with Crippen molar-refractivity contribution in [2.45, 2.75) is 11.8 Å². The summed E-state index contributed by atoms with van der Waals surface area (Å²) in [7, 11) is -5.99. The third kappa shape index (κ3) is 5.45. The predicted octanol–water partition coefficient (Wildman–Crippen LogP) is 3.44. The molecule has 10 heteroatoms. The highest BCUT2D eigenvalue weighted by atomic mass is 32.2. The predicted molar refractivity (Wildman–Crippen MR) is 126 cm³/mol. The normalized spacial score (nSPS) is 11.6. The average Bonchev–Trinajstić information content (AvgIpc) is 2.74. The Morgan fingerprint density at radius 2 is 1.38 bits per heavy atom. The standard InChI is InChI=1S/C22H23N3O5S2/c1-16-8-10-18(11-9-16)24-32(29,30)19-14-12-17(13-15-19)23-22(26)20-6-4-5-7-21(20)25(2)31(3,27)28/h4-15,24H,1-3H3,(H,23,26). The van der Waals surface area contributed by atoms with Crippen molar-refractivity contribution >= 4 is 43.0 Å². The van der Waals surface area contributed by atoms with Crippen molar-refractivity contribution in [1.82, 2.24) is 0 Å². The van der Waals surface area contributed by atoms with Gasteiger partial charge < -0.3 is 5.32 Å². The third-order valence-electron chi connectivity index (χ3n) is 4.71. The van der Waals surface area contributed by atoms with E-state index in [9.17, 15) is 21.6 Å². The average molecular weight is 474 g/mol. The maximum atomic E-state index is 12.8. The van der Waals surface area contributed by atoms with Crippen LogP contribution in [-0.2, 0) is 20.0 Å². The molecule has 0 aliphatic carbocycles. The lowest BCUT2D eigenvalue weighted by atomic mass is 10.1. The Balaban J connectivity index is 1.78. The molecule has 0 aliphatic rings. The Hall–Kier alpha value is -3.37. The topological polar surface area (TPSA) is 113 Å². The number of sulfonamides is 2. The van der Waals surface area contributed by atoms with E-state index < -0.39 is 26.0 Å². The number of hydrogen-bond acceptors (Lipinski definition) is 5. The van der Waals surface area contributed by atoms with Crippen LogP contribution in [-0.4, -0.2) is 36.0 Å². The molecule has 0 bridgehead atoms. The second-order valence-electron chi connectivity index (χ2n) is 7.20. The molecule has 3 aromatic carbocycles. The lowest BCUT2D eigenvalue weighted by Crippen LogP contribution is -2.27. The second kappa shape index (κ2) is 9.01. The molecule has 0 atom stereocenters. The Morgan fingerprint density at radius 1 is 0.812 bits per heavy atom. The maximum absolute atomic E-state index is 12.8. The lowest BCUT2D eigenvalue weighted by molar-refractivity contribution is 0.102. The van der Waals surface area contributed by atoms with E-state index in [-0.39, 0.29) is 16.1 Å². The number of benzene rings is 3. The van der Waals surface area contributed by atoms with Crippen LogP contribution in [0.2, 0.25) is 0 Å². The fourth-order valence-corrected chi connectivity index (χ4v) is 4.45. The Bertz CT molecular complexity index is 1340. The molecule has 3 rings (SSSR count). The van der Waals surface area contributed by atoms with Crippen LogP contribution in [0.1, 0.15) is 15.9 Å². The molecule has 0 radical (unpaired) electrons. The number of carbonyl (C=O) groups is 1. The van der Waals surface area contributed by atoms with Crippen LogP contribution in [0, 0.1) is 6.92 Å². The first-order valence-corrected chi connectivity index (χ1v) is 12.8. The van der Waals surface area contributed by atoms with Gasteiger partial charge in [-0.2, -0.15) is 0 Å². The molecular weight excluding hydrogens is 450 g/mol. The zero-order valence-electron chi connectivity index (χ0n) is 17.7. The van der Waals surface area contributed by atoms with Gasteiger partial charge in [0.05, 0.1) is 22.4 Å². The molecule has 0 aliphatic heterocycles. The van der Waals surface area contributed by atoms with Gasteiger partial charge in [-0.3, -0.25) is 13.8 Å². The summed E-state index contributed by atoms with van der Waals surface area (Å²) >= 11 is 0. The number of carbonyl (C=O) groups excluding carboxylic acids is 1. The van der Waals surface area contributed by atoms with E-state index in [1.54, 1.807) is 36.4 Å². The number of nitrogens with one attached hydrogen (secondary N) is 2. The zero-order chi connectivity index (χ0) is 23.5. The minimum absolute atomic E-state index is 0.0354. The number of nitrogens with zero attached hydrogens (tertiary/aromatic N) is 1. The van der Waals surface area contributed by atoms with Crippen LogP contribution in [0.25, 0.3) is 0 Å². The minimum atomic E-state index is -3.79. The van der Waals surface area contributed by atoms with Crippen LogP contribution < -0.4 is 14.3 Å². The van der Waals surface area contributed by atoms with Crippen LogP contribution >= 0.6 is 0 Å². The highest BCUT2D eigenvalue weighted by Crippen LogP contribution is 2.23. The quantitative estimate of drug-likeness (QED) is 0.546. The molecule has 1 amide bonds. The molecule has 32 heavy (non-hydrogen) atoms. The molecule has 8 nitrogen and oxygen atoms in total. The molecule has 2 N–H and O–H groups in total. The van der Waals surface area contributed by atoms with Crippen LogP contribution in [0.3, 0.4) is 0 Å². The molecule has 168 valence electrons. The fourth-order valence-electron chi connectivity index (χ4n) is 2.87. The van der Waals surface area contributed by atoms with E-state index in [4.69, 9.17) is 0 Å². The first-order valence-electron chi connectivity index (χ1n) is 9.51. The fraction of sp³-hybridized carbons (Fsp3) is 0.136. The van der Waals surface area contributed by atoms with E-state index in [1.165, 1.54) is 43.4 Å². The summed E-state index contributed by atoms with van der Waals surface area (Å²) in [5.74, 6) is -0.524. The molecule has 0 spiro atoms. The van der Waals surface area contributed by atoms with Gasteiger partial charge in [-0.05, 0) is 55.5 Å². The van der Waals surface area contributed by atoms with Gasteiger partial charge in [0.2, 0.25) is 10.0 Å². The maximum Gasteiger partial charge on any atom is 0.261 e. The summed E-state index contributed by atoms with van der Waals surface area (Å²) in [6.07, 6.45) is 1.05. The van der Waals surface area contributed by atoms with Gasteiger partial charge in [0.1, 0.15) is 0 Å². The number of hydrogen-bond donors (Lipinski definition) is 2. The van der Waals surface area contributed by atoms with Gasteiger partial charge in [0.15, 0.2) is 0 Å². The molecule has 3 aromatic rings. The first-order chi connectivity index (χ1) is 15.0. The molecule has 0 unspecified atom stereocenters. The van der Waals surface area contributed by atoms with Gasteiger partial charge in [-0.1, -0.05) is 29.8 Å². The summed E-state index contributed by atoms with van der Waals surface area (Å²) in [5, 5.41) is 2.66. The Labute approximate surface area is 188 Å². The van der Waals surface area contributed by atoms with Gasteiger partial charge in [0, 0.05) is 18.4 Å². The number of anilines is 3. The number of amides is 1. The lowest BCUT2D eigenvalue weighted by Gasteiger charge is -2.19. The van der Waals surface area contributed by atoms with E-state index >= 15 is 0 Å².